The number of rotatable bonds is 8. The number of fused-ring (bicyclic) bond motifs is 1. The number of aromatic nitrogens is 3. The molecule has 2 N–H and O–H groups in total. The third-order valence-corrected chi connectivity index (χ3v) is 6.96. The van der Waals surface area contributed by atoms with E-state index in [0.29, 0.717) is 23.9 Å². The van der Waals surface area contributed by atoms with E-state index >= 15 is 0 Å². The van der Waals surface area contributed by atoms with Crippen molar-refractivity contribution in [3.05, 3.63) is 30.6 Å². The molecule has 0 unspecified atom stereocenters. The maximum atomic E-state index is 6.47. The van der Waals surface area contributed by atoms with Crippen LogP contribution in [0.15, 0.2) is 35.0 Å². The lowest BCUT2D eigenvalue weighted by Crippen LogP contribution is -2.43. The summed E-state index contributed by atoms with van der Waals surface area (Å²) < 4.78 is 12.4. The van der Waals surface area contributed by atoms with Crippen LogP contribution in [0.2, 0.25) is 0 Å². The van der Waals surface area contributed by atoms with E-state index in [0.717, 1.165) is 68.8 Å². The number of ether oxygens (including phenoxy) is 1. The molecule has 0 spiro atoms. The molecule has 0 amide bonds. The second-order valence-electron chi connectivity index (χ2n) is 9.03. The van der Waals surface area contributed by atoms with Gasteiger partial charge in [-0.25, -0.2) is 9.97 Å². The molecule has 0 radical (unpaired) electrons. The van der Waals surface area contributed by atoms with Crippen LogP contribution in [-0.2, 0) is 0 Å². The van der Waals surface area contributed by atoms with Gasteiger partial charge in [0.15, 0.2) is 0 Å². The summed E-state index contributed by atoms with van der Waals surface area (Å²) in [5.74, 6) is 1.81. The molecule has 1 aromatic carbocycles. The Hall–Kier alpha value is -2.91. The molecule has 196 valence electrons. The molecule has 3 aromatic rings. The molecule has 2 aromatic heterocycles. The molecule has 9 nitrogen and oxygen atoms in total. The van der Waals surface area contributed by atoms with Gasteiger partial charge in [-0.1, -0.05) is 39.8 Å². The molecule has 5 rings (SSSR count). The molecule has 1 aliphatic heterocycles. The monoisotopic (exact) mass is 495 g/mol. The second kappa shape index (κ2) is 12.9. The van der Waals surface area contributed by atoms with Gasteiger partial charge in [-0.15, -0.1) is 0 Å². The van der Waals surface area contributed by atoms with Crippen LogP contribution < -0.4 is 20.3 Å². The van der Waals surface area contributed by atoms with Crippen molar-refractivity contribution in [1.29, 1.82) is 0 Å². The molecule has 2 aliphatic rings. The quantitative estimate of drug-likeness (QED) is 0.456. The Morgan fingerprint density at radius 1 is 1.06 bits per heavy atom. The van der Waals surface area contributed by atoms with Gasteiger partial charge in [0, 0.05) is 43.8 Å². The molecule has 0 bridgehead atoms. The van der Waals surface area contributed by atoms with Gasteiger partial charge in [0.1, 0.15) is 11.3 Å². The van der Waals surface area contributed by atoms with Crippen molar-refractivity contribution in [3.63, 3.8) is 0 Å². The Labute approximate surface area is 214 Å². The normalized spacial score (nSPS) is 20.2. The third kappa shape index (κ3) is 6.25. The van der Waals surface area contributed by atoms with E-state index in [1.807, 2.05) is 38.2 Å². The summed E-state index contributed by atoms with van der Waals surface area (Å²) in [5.41, 5.74) is 0.813. The van der Waals surface area contributed by atoms with Crippen LogP contribution in [0, 0.1) is 0 Å². The van der Waals surface area contributed by atoms with Gasteiger partial charge in [-0.2, -0.15) is 4.98 Å². The van der Waals surface area contributed by atoms with E-state index in [2.05, 4.69) is 44.2 Å². The minimum atomic E-state index is 0.222. The summed E-state index contributed by atoms with van der Waals surface area (Å²) in [6.07, 6.45) is 8.23. The molecule has 1 saturated heterocycles. The lowest BCUT2D eigenvalue weighted by Gasteiger charge is -2.35. The molecule has 3 heterocycles. The number of nitrogens with zero attached hydrogens (tertiary/aromatic N) is 5. The highest BCUT2D eigenvalue weighted by molar-refractivity contribution is 5.84. The van der Waals surface area contributed by atoms with E-state index < -0.39 is 0 Å². The molecule has 1 saturated carbocycles. The van der Waals surface area contributed by atoms with Crippen LogP contribution in [0.3, 0.4) is 0 Å². The van der Waals surface area contributed by atoms with Gasteiger partial charge >= 0.3 is 0 Å². The number of para-hydroxylation sites is 1. The number of anilines is 3. The zero-order valence-corrected chi connectivity index (χ0v) is 22.2. The minimum Gasteiger partial charge on any atom is -0.488 e. The summed E-state index contributed by atoms with van der Waals surface area (Å²) in [6.45, 7) is 14.3. The molecular weight excluding hydrogens is 454 g/mol. The molecule has 0 atom stereocenters. The summed E-state index contributed by atoms with van der Waals surface area (Å²) in [6, 6.07) is 7.32. The highest BCUT2D eigenvalue weighted by Gasteiger charge is 2.26. The maximum Gasteiger partial charge on any atom is 0.299 e. The van der Waals surface area contributed by atoms with Crippen molar-refractivity contribution in [3.8, 4) is 5.75 Å². The summed E-state index contributed by atoms with van der Waals surface area (Å²) >= 11 is 0. The number of oxazole rings is 1. The molecule has 1 aliphatic carbocycles. The van der Waals surface area contributed by atoms with Gasteiger partial charge in [-0.05, 0) is 44.8 Å². The van der Waals surface area contributed by atoms with Crippen LogP contribution in [-0.4, -0.2) is 71.3 Å². The van der Waals surface area contributed by atoms with E-state index in [4.69, 9.17) is 14.1 Å². The van der Waals surface area contributed by atoms with Gasteiger partial charge < -0.3 is 24.3 Å². The Morgan fingerprint density at radius 2 is 1.81 bits per heavy atom. The number of hydrogen-bond donors (Lipinski definition) is 2. The average molecular weight is 496 g/mol. The zero-order valence-electron chi connectivity index (χ0n) is 22.2. The van der Waals surface area contributed by atoms with Gasteiger partial charge in [-0.3, -0.25) is 5.32 Å². The third-order valence-electron chi connectivity index (χ3n) is 6.96. The largest absolute Gasteiger partial charge is 0.488 e. The van der Waals surface area contributed by atoms with E-state index in [-0.39, 0.29) is 6.10 Å². The van der Waals surface area contributed by atoms with Crippen LogP contribution in [0.25, 0.3) is 10.9 Å². The lowest BCUT2D eigenvalue weighted by atomic mass is 9.91. The minimum absolute atomic E-state index is 0.222. The summed E-state index contributed by atoms with van der Waals surface area (Å²) in [5, 5.41) is 7.45. The maximum absolute atomic E-state index is 6.47. The number of nitrogens with one attached hydrogen (secondary N) is 2. The standard InChI is InChI=1S/C25H35N7O2.C2H6/c1-3-31(4-2)19-8-10-20(11-9-19)33-21-7-5-6-18-16-27-24(30-23(18)21)29-22-17-28-25(34-22)32-14-12-26-13-15-32;1-2/h5-7,16-17,19-20,26H,3-4,8-15H2,1-2H3,(H,27,29,30);1-2H3. The van der Waals surface area contributed by atoms with E-state index in [9.17, 15) is 0 Å². The fourth-order valence-electron chi connectivity index (χ4n) is 5.07. The average Bonchev–Trinajstić information content (AvgIpc) is 3.41. The van der Waals surface area contributed by atoms with Crippen molar-refractivity contribution < 1.29 is 9.15 Å². The number of benzene rings is 1. The Kier molecular flexibility index (Phi) is 9.35. The smallest absolute Gasteiger partial charge is 0.299 e. The Balaban J connectivity index is 0.00000148. The Bertz CT molecular complexity index is 1070. The van der Waals surface area contributed by atoms with Gasteiger partial charge in [0.2, 0.25) is 11.8 Å². The first kappa shape index (κ1) is 26.2. The molecule has 2 fully saturated rings. The van der Waals surface area contributed by atoms with Crippen molar-refractivity contribution >= 4 is 28.8 Å². The van der Waals surface area contributed by atoms with Crippen molar-refractivity contribution in [2.75, 3.05) is 49.5 Å². The Morgan fingerprint density at radius 3 is 2.53 bits per heavy atom. The van der Waals surface area contributed by atoms with Crippen LogP contribution >= 0.6 is 0 Å². The molecular formula is C27H41N7O2. The fourth-order valence-corrected chi connectivity index (χ4v) is 5.07. The molecule has 9 heteroatoms. The fraction of sp³-hybridized carbons (Fsp3) is 0.593. The summed E-state index contributed by atoms with van der Waals surface area (Å²) in [4.78, 5) is 18.3. The van der Waals surface area contributed by atoms with Crippen molar-refractivity contribution in [2.24, 2.45) is 0 Å². The van der Waals surface area contributed by atoms with Gasteiger partial charge in [0.25, 0.3) is 6.01 Å². The first-order chi connectivity index (χ1) is 17.7. The SMILES string of the molecule is CC.CCN(CC)C1CCC(Oc2cccc3cnc(Nc4cnc(N5CCNCC5)o4)nc23)CC1. The molecule has 36 heavy (non-hydrogen) atoms. The predicted octanol–water partition coefficient (Wildman–Crippen LogP) is 4.83. The summed E-state index contributed by atoms with van der Waals surface area (Å²) in [7, 11) is 0. The highest BCUT2D eigenvalue weighted by Crippen LogP contribution is 2.31. The lowest BCUT2D eigenvalue weighted by molar-refractivity contribution is 0.0942. The van der Waals surface area contributed by atoms with Crippen LogP contribution in [0.1, 0.15) is 53.4 Å². The number of hydrogen-bond acceptors (Lipinski definition) is 9. The first-order valence-electron chi connectivity index (χ1n) is 13.6. The first-order valence-corrected chi connectivity index (χ1v) is 13.6. The predicted molar refractivity (Wildman–Crippen MR) is 145 cm³/mol. The van der Waals surface area contributed by atoms with Crippen molar-refractivity contribution in [1.82, 2.24) is 25.2 Å². The van der Waals surface area contributed by atoms with E-state index in [1.165, 1.54) is 12.8 Å². The van der Waals surface area contributed by atoms with Gasteiger partial charge in [0.05, 0.1) is 12.3 Å². The van der Waals surface area contributed by atoms with Crippen molar-refractivity contribution in [2.45, 2.75) is 65.5 Å². The highest BCUT2D eigenvalue weighted by atomic mass is 16.5. The van der Waals surface area contributed by atoms with Crippen LogP contribution in [0.4, 0.5) is 17.8 Å². The topological polar surface area (TPSA) is 91.6 Å². The van der Waals surface area contributed by atoms with Crippen LogP contribution in [0.5, 0.6) is 5.75 Å². The second-order valence-corrected chi connectivity index (χ2v) is 9.03. The van der Waals surface area contributed by atoms with E-state index in [1.54, 1.807) is 6.20 Å². The zero-order chi connectivity index (χ0) is 25.3. The number of piperazine rings is 1.